The molecule has 2 fully saturated rings. The van der Waals surface area contributed by atoms with Crippen molar-refractivity contribution < 1.29 is 0 Å². The predicted octanol–water partition coefficient (Wildman–Crippen LogP) is 3.53. The van der Waals surface area contributed by atoms with E-state index in [1.807, 2.05) is 0 Å². The van der Waals surface area contributed by atoms with Gasteiger partial charge < -0.3 is 11.1 Å². The van der Waals surface area contributed by atoms with Gasteiger partial charge in [-0.2, -0.15) is 0 Å². The number of nitrogens with two attached hydrogens (primary N) is 1. The highest BCUT2D eigenvalue weighted by Crippen LogP contribution is 2.30. The van der Waals surface area contributed by atoms with Crippen molar-refractivity contribution >= 4 is 29.9 Å². The molecule has 0 bridgehead atoms. The summed E-state index contributed by atoms with van der Waals surface area (Å²) < 4.78 is 0. The zero-order chi connectivity index (χ0) is 12.8. The number of nitrogens with one attached hydrogen (secondary N) is 1. The maximum Gasteiger partial charge on any atom is 0.188 e. The van der Waals surface area contributed by atoms with Gasteiger partial charge in [-0.3, -0.25) is 4.99 Å². The highest BCUT2D eigenvalue weighted by molar-refractivity contribution is 14.0. The molecule has 0 heterocycles. The monoisotopic (exact) mass is 379 g/mol. The SMILES string of the molecule is CC1CCCC(CCNC(N)=NCC2CCC2)C1.I. The molecule has 0 spiro atoms. The molecule has 0 aromatic heterocycles. The van der Waals surface area contributed by atoms with Crippen molar-refractivity contribution in [1.29, 1.82) is 0 Å². The minimum absolute atomic E-state index is 0. The third-order valence-corrected chi connectivity index (χ3v) is 4.65. The van der Waals surface area contributed by atoms with E-state index in [4.69, 9.17) is 5.73 Å². The van der Waals surface area contributed by atoms with Crippen LogP contribution in [0.1, 0.15) is 58.3 Å². The van der Waals surface area contributed by atoms with Crippen LogP contribution in [0.25, 0.3) is 0 Å². The molecule has 2 rings (SSSR count). The fourth-order valence-corrected chi connectivity index (χ4v) is 3.19. The largest absolute Gasteiger partial charge is 0.370 e. The van der Waals surface area contributed by atoms with Crippen LogP contribution in [0.2, 0.25) is 0 Å². The Morgan fingerprint density at radius 3 is 2.47 bits per heavy atom. The van der Waals surface area contributed by atoms with E-state index in [0.29, 0.717) is 5.96 Å². The minimum atomic E-state index is 0. The van der Waals surface area contributed by atoms with Gasteiger partial charge >= 0.3 is 0 Å². The second-order valence-corrected chi connectivity index (χ2v) is 6.38. The van der Waals surface area contributed by atoms with Crippen LogP contribution >= 0.6 is 24.0 Å². The second kappa shape index (κ2) is 9.03. The lowest BCUT2D eigenvalue weighted by Gasteiger charge is -2.26. The van der Waals surface area contributed by atoms with Crippen molar-refractivity contribution in [2.45, 2.75) is 58.3 Å². The average molecular weight is 379 g/mol. The molecular formula is C15H30IN3. The van der Waals surface area contributed by atoms with Gasteiger partial charge in [-0.15, -0.1) is 24.0 Å². The maximum atomic E-state index is 5.88. The van der Waals surface area contributed by atoms with Gasteiger partial charge in [0.2, 0.25) is 0 Å². The first-order valence-corrected chi connectivity index (χ1v) is 7.78. The van der Waals surface area contributed by atoms with Crippen LogP contribution in [0.3, 0.4) is 0 Å². The Balaban J connectivity index is 0.00000180. The molecule has 19 heavy (non-hydrogen) atoms. The van der Waals surface area contributed by atoms with Crippen LogP contribution in [0, 0.1) is 17.8 Å². The summed E-state index contributed by atoms with van der Waals surface area (Å²) in [7, 11) is 0. The van der Waals surface area contributed by atoms with Crippen LogP contribution in [-0.2, 0) is 0 Å². The van der Waals surface area contributed by atoms with Gasteiger partial charge in [-0.05, 0) is 43.4 Å². The van der Waals surface area contributed by atoms with E-state index in [-0.39, 0.29) is 24.0 Å². The lowest BCUT2D eigenvalue weighted by molar-refractivity contribution is 0.270. The van der Waals surface area contributed by atoms with Gasteiger partial charge in [0.15, 0.2) is 5.96 Å². The zero-order valence-electron chi connectivity index (χ0n) is 12.2. The summed E-state index contributed by atoms with van der Waals surface area (Å²) >= 11 is 0. The average Bonchev–Trinajstić information content (AvgIpc) is 2.27. The van der Waals surface area contributed by atoms with E-state index in [2.05, 4.69) is 17.2 Å². The predicted molar refractivity (Wildman–Crippen MR) is 93.0 cm³/mol. The van der Waals surface area contributed by atoms with Gasteiger partial charge in [0.25, 0.3) is 0 Å². The Morgan fingerprint density at radius 1 is 1.16 bits per heavy atom. The van der Waals surface area contributed by atoms with Gasteiger partial charge in [-0.25, -0.2) is 0 Å². The summed E-state index contributed by atoms with van der Waals surface area (Å²) in [6.07, 6.45) is 11.0. The molecule has 2 unspecified atom stereocenters. The summed E-state index contributed by atoms with van der Waals surface area (Å²) in [5.41, 5.74) is 5.88. The smallest absolute Gasteiger partial charge is 0.188 e. The van der Waals surface area contributed by atoms with Crippen LogP contribution in [0.5, 0.6) is 0 Å². The summed E-state index contributed by atoms with van der Waals surface area (Å²) in [6.45, 7) is 4.31. The number of aliphatic imine (C=N–C) groups is 1. The van der Waals surface area contributed by atoms with E-state index in [0.717, 1.165) is 30.8 Å². The first-order chi connectivity index (χ1) is 8.74. The minimum Gasteiger partial charge on any atom is -0.370 e. The third kappa shape index (κ3) is 6.32. The maximum absolute atomic E-state index is 5.88. The van der Waals surface area contributed by atoms with Crippen molar-refractivity contribution in [1.82, 2.24) is 5.32 Å². The van der Waals surface area contributed by atoms with Crippen LogP contribution in [0.15, 0.2) is 4.99 Å². The summed E-state index contributed by atoms with van der Waals surface area (Å²) in [5.74, 6) is 3.30. The normalized spacial score (nSPS) is 28.4. The van der Waals surface area contributed by atoms with Gasteiger partial charge in [0.1, 0.15) is 0 Å². The first kappa shape index (κ1) is 17.1. The number of hydrogen-bond acceptors (Lipinski definition) is 1. The molecule has 0 saturated heterocycles. The fourth-order valence-electron chi connectivity index (χ4n) is 3.19. The quantitative estimate of drug-likeness (QED) is 0.436. The summed E-state index contributed by atoms with van der Waals surface area (Å²) in [4.78, 5) is 4.43. The molecule has 3 N–H and O–H groups in total. The van der Waals surface area contributed by atoms with Crippen molar-refractivity contribution in [2.24, 2.45) is 28.5 Å². The first-order valence-electron chi connectivity index (χ1n) is 7.78. The Morgan fingerprint density at radius 2 is 1.84 bits per heavy atom. The highest BCUT2D eigenvalue weighted by atomic mass is 127. The van der Waals surface area contributed by atoms with Crippen molar-refractivity contribution in [3.8, 4) is 0 Å². The number of rotatable bonds is 5. The molecule has 3 nitrogen and oxygen atoms in total. The molecule has 0 aromatic rings. The number of halogens is 1. The van der Waals surface area contributed by atoms with Gasteiger partial charge in [0, 0.05) is 13.1 Å². The molecule has 0 aromatic carbocycles. The Hall–Kier alpha value is 0. The zero-order valence-corrected chi connectivity index (χ0v) is 14.6. The molecule has 2 aliphatic rings. The number of nitrogens with zero attached hydrogens (tertiary/aromatic N) is 1. The summed E-state index contributed by atoms with van der Waals surface area (Å²) in [6, 6.07) is 0. The van der Waals surface area contributed by atoms with Gasteiger partial charge in [0.05, 0.1) is 0 Å². The third-order valence-electron chi connectivity index (χ3n) is 4.65. The molecule has 2 saturated carbocycles. The van der Waals surface area contributed by atoms with E-state index >= 15 is 0 Å². The Kier molecular flexibility index (Phi) is 8.11. The number of guanidine groups is 1. The van der Waals surface area contributed by atoms with Crippen molar-refractivity contribution in [3.63, 3.8) is 0 Å². The highest BCUT2D eigenvalue weighted by Gasteiger charge is 2.18. The molecule has 0 aliphatic heterocycles. The fraction of sp³-hybridized carbons (Fsp3) is 0.933. The molecule has 112 valence electrons. The lowest BCUT2D eigenvalue weighted by atomic mass is 9.81. The standard InChI is InChI=1S/C15H29N3.HI/c1-12-4-2-5-13(10-12)8-9-17-15(16)18-11-14-6-3-7-14;/h12-14H,2-11H2,1H3,(H3,16,17,18);1H. The summed E-state index contributed by atoms with van der Waals surface area (Å²) in [5, 5.41) is 3.28. The van der Waals surface area contributed by atoms with Crippen LogP contribution in [0.4, 0.5) is 0 Å². The lowest BCUT2D eigenvalue weighted by Crippen LogP contribution is -2.34. The van der Waals surface area contributed by atoms with Crippen molar-refractivity contribution in [2.75, 3.05) is 13.1 Å². The number of hydrogen-bond donors (Lipinski definition) is 2. The Labute approximate surface area is 135 Å². The van der Waals surface area contributed by atoms with E-state index in [9.17, 15) is 0 Å². The van der Waals surface area contributed by atoms with E-state index in [1.165, 1.54) is 51.4 Å². The molecule has 0 amide bonds. The topological polar surface area (TPSA) is 50.4 Å². The van der Waals surface area contributed by atoms with Gasteiger partial charge in [-0.1, -0.05) is 32.6 Å². The molecule has 0 radical (unpaired) electrons. The molecule has 2 aliphatic carbocycles. The molecule has 4 heteroatoms. The van der Waals surface area contributed by atoms with E-state index in [1.54, 1.807) is 0 Å². The molecular weight excluding hydrogens is 349 g/mol. The molecule has 2 atom stereocenters. The Bertz CT molecular complexity index is 277. The van der Waals surface area contributed by atoms with E-state index < -0.39 is 0 Å². The van der Waals surface area contributed by atoms with Crippen LogP contribution in [-0.4, -0.2) is 19.0 Å². The second-order valence-electron chi connectivity index (χ2n) is 6.38. The van der Waals surface area contributed by atoms with Crippen LogP contribution < -0.4 is 11.1 Å². The van der Waals surface area contributed by atoms with Crippen molar-refractivity contribution in [3.05, 3.63) is 0 Å².